The molecule has 1 aliphatic heterocycles. The van der Waals surface area contributed by atoms with Crippen molar-refractivity contribution in [2.75, 3.05) is 39.1 Å². The molecule has 0 spiro atoms. The van der Waals surface area contributed by atoms with Gasteiger partial charge in [0.15, 0.2) is 11.5 Å². The largest absolute Gasteiger partial charge is 0.493 e. The van der Waals surface area contributed by atoms with Crippen LogP contribution in [0.15, 0.2) is 69.3 Å². The highest BCUT2D eigenvalue weighted by Crippen LogP contribution is 2.40. The molecule has 0 radical (unpaired) electrons. The van der Waals surface area contributed by atoms with Gasteiger partial charge in [-0.05, 0) is 62.0 Å². The molecule has 0 unspecified atom stereocenters. The average Bonchev–Trinajstić information content (AvgIpc) is 3.27. The molecule has 1 atom stereocenters. The van der Waals surface area contributed by atoms with Crippen LogP contribution in [0.3, 0.4) is 0 Å². The lowest BCUT2D eigenvalue weighted by molar-refractivity contribution is -0.139. The number of benzene rings is 3. The van der Waals surface area contributed by atoms with Crippen LogP contribution < -0.4 is 18.9 Å². The van der Waals surface area contributed by atoms with Crippen molar-refractivity contribution in [2.24, 2.45) is 0 Å². The van der Waals surface area contributed by atoms with Gasteiger partial charge in [0.05, 0.1) is 30.5 Å². The third-order valence-electron chi connectivity index (χ3n) is 5.96. The maximum atomic E-state index is 13.6. The molecule has 0 saturated carbocycles. The maximum Gasteiger partial charge on any atom is 0.419 e. The number of likely N-dealkylation sites (N-methyl/N-ethyl adjacent to an activating group) is 1. The third-order valence-corrected chi connectivity index (χ3v) is 8.81. The fourth-order valence-corrected chi connectivity index (χ4v) is 6.62. The Labute approximate surface area is 234 Å². The molecule has 1 heterocycles. The Bertz CT molecular complexity index is 1450. The summed E-state index contributed by atoms with van der Waals surface area (Å²) in [6, 6.07) is 12.7. The van der Waals surface area contributed by atoms with E-state index in [1.165, 1.54) is 38.1 Å². The number of rotatable bonds is 9. The summed E-state index contributed by atoms with van der Waals surface area (Å²) in [6.07, 6.45) is -4.54. The predicted molar refractivity (Wildman–Crippen MR) is 144 cm³/mol. The molecule has 4 rings (SSSR count). The highest BCUT2D eigenvalue weighted by Gasteiger charge is 2.36. The number of hydrogen-bond donors (Lipinski definition) is 1. The first kappa shape index (κ1) is 29.2. The molecule has 210 valence electrons. The molecule has 1 saturated heterocycles. The van der Waals surface area contributed by atoms with Crippen molar-refractivity contribution in [3.8, 4) is 17.2 Å². The molecule has 0 aliphatic carbocycles. The van der Waals surface area contributed by atoms with Crippen molar-refractivity contribution < 1.29 is 35.8 Å². The summed E-state index contributed by atoms with van der Waals surface area (Å²) < 4.78 is 85.6. The summed E-state index contributed by atoms with van der Waals surface area (Å²) >= 11 is 7.67. The van der Waals surface area contributed by atoms with Gasteiger partial charge < -0.3 is 19.1 Å². The number of likely N-dealkylation sites (tertiary alicyclic amines) is 1. The summed E-state index contributed by atoms with van der Waals surface area (Å²) in [6.45, 7) is 1.16. The van der Waals surface area contributed by atoms with Gasteiger partial charge in [0.1, 0.15) is 16.7 Å². The number of alkyl halides is 3. The fraction of sp³-hybridized carbons (Fsp3) is 0.308. The molecular formula is C26H26ClF3N2O5S2. The van der Waals surface area contributed by atoms with Crippen molar-refractivity contribution in [2.45, 2.75) is 33.4 Å². The highest BCUT2D eigenvalue weighted by molar-refractivity contribution is 7.99. The quantitative estimate of drug-likeness (QED) is 0.303. The van der Waals surface area contributed by atoms with E-state index < -0.39 is 33.6 Å². The summed E-state index contributed by atoms with van der Waals surface area (Å²) in [5.41, 5.74) is -1.06. The Morgan fingerprint density at radius 2 is 1.67 bits per heavy atom. The Morgan fingerprint density at radius 3 is 2.28 bits per heavy atom. The molecule has 0 amide bonds. The fourth-order valence-electron chi connectivity index (χ4n) is 4.08. The van der Waals surface area contributed by atoms with E-state index in [-0.39, 0.29) is 15.6 Å². The minimum absolute atomic E-state index is 0.0506. The average molecular weight is 603 g/mol. The Kier molecular flexibility index (Phi) is 8.79. The van der Waals surface area contributed by atoms with E-state index in [1.54, 1.807) is 18.2 Å². The molecule has 3 aromatic rings. The van der Waals surface area contributed by atoms with Crippen LogP contribution in [0, 0.1) is 0 Å². The first-order valence-corrected chi connectivity index (χ1v) is 14.4. The molecule has 13 heteroatoms. The summed E-state index contributed by atoms with van der Waals surface area (Å²) in [7, 11) is 0.675. The van der Waals surface area contributed by atoms with E-state index in [4.69, 9.17) is 25.8 Å². The molecule has 39 heavy (non-hydrogen) atoms. The van der Waals surface area contributed by atoms with Crippen LogP contribution in [-0.4, -0.2) is 53.8 Å². The molecule has 7 nitrogen and oxygen atoms in total. The van der Waals surface area contributed by atoms with Crippen molar-refractivity contribution in [3.05, 3.63) is 65.2 Å². The number of sulfonamides is 1. The molecule has 1 aliphatic rings. The van der Waals surface area contributed by atoms with Crippen molar-refractivity contribution in [3.63, 3.8) is 0 Å². The van der Waals surface area contributed by atoms with Crippen molar-refractivity contribution >= 4 is 39.1 Å². The van der Waals surface area contributed by atoms with Crippen LogP contribution in [0.25, 0.3) is 0 Å². The van der Waals surface area contributed by atoms with Gasteiger partial charge in [-0.15, -0.1) is 0 Å². The zero-order valence-corrected chi connectivity index (χ0v) is 23.6. The van der Waals surface area contributed by atoms with Gasteiger partial charge in [-0.3, -0.25) is 4.72 Å². The first-order chi connectivity index (χ1) is 18.4. The lowest BCUT2D eigenvalue weighted by atomic mass is 10.1. The highest BCUT2D eigenvalue weighted by atomic mass is 35.5. The zero-order valence-electron chi connectivity index (χ0n) is 21.2. The van der Waals surface area contributed by atoms with E-state index in [2.05, 4.69) is 4.72 Å². The molecular weight excluding hydrogens is 577 g/mol. The van der Waals surface area contributed by atoms with E-state index in [9.17, 15) is 21.6 Å². The van der Waals surface area contributed by atoms with E-state index in [1.807, 2.05) is 18.0 Å². The lowest BCUT2D eigenvalue weighted by Crippen LogP contribution is -2.23. The predicted octanol–water partition coefficient (Wildman–Crippen LogP) is 6.41. The lowest BCUT2D eigenvalue weighted by Gasteiger charge is -2.19. The third kappa shape index (κ3) is 7.05. The molecule has 0 bridgehead atoms. The van der Waals surface area contributed by atoms with Gasteiger partial charge >= 0.3 is 6.18 Å². The number of nitrogens with zero attached hydrogens (tertiary/aromatic N) is 1. The Balaban J connectivity index is 1.55. The number of nitrogens with one attached hydrogen (secondary N) is 1. The second-order valence-electron chi connectivity index (χ2n) is 8.82. The van der Waals surface area contributed by atoms with Crippen molar-refractivity contribution in [1.29, 1.82) is 0 Å². The van der Waals surface area contributed by atoms with Crippen LogP contribution in [-0.2, 0) is 16.2 Å². The Morgan fingerprint density at radius 1 is 0.974 bits per heavy atom. The number of ether oxygens (including phenoxy) is 3. The second-order valence-corrected chi connectivity index (χ2v) is 12.0. The van der Waals surface area contributed by atoms with Crippen LogP contribution in [0.5, 0.6) is 17.2 Å². The number of anilines is 1. The molecule has 1 fully saturated rings. The Hall–Kier alpha value is -2.80. The first-order valence-electron chi connectivity index (χ1n) is 11.7. The van der Waals surface area contributed by atoms with Crippen molar-refractivity contribution in [1.82, 2.24) is 4.90 Å². The van der Waals surface area contributed by atoms with Crippen LogP contribution in [0.2, 0.25) is 5.02 Å². The summed E-state index contributed by atoms with van der Waals surface area (Å²) in [5.74, 6) is 0.674. The van der Waals surface area contributed by atoms with E-state index >= 15 is 0 Å². The minimum atomic E-state index is -4.66. The number of halogens is 4. The topological polar surface area (TPSA) is 77.1 Å². The smallest absolute Gasteiger partial charge is 0.419 e. The minimum Gasteiger partial charge on any atom is -0.493 e. The van der Waals surface area contributed by atoms with Crippen LogP contribution in [0.1, 0.15) is 12.0 Å². The maximum absolute atomic E-state index is 13.6. The second kappa shape index (κ2) is 11.7. The van der Waals surface area contributed by atoms with Gasteiger partial charge in [0, 0.05) is 28.9 Å². The van der Waals surface area contributed by atoms with E-state index in [0.29, 0.717) is 35.9 Å². The van der Waals surface area contributed by atoms with Crippen LogP contribution in [0.4, 0.5) is 18.9 Å². The number of methoxy groups -OCH3 is 2. The van der Waals surface area contributed by atoms with E-state index in [0.717, 1.165) is 23.1 Å². The zero-order chi connectivity index (χ0) is 28.4. The summed E-state index contributed by atoms with van der Waals surface area (Å²) in [4.78, 5) is 3.20. The molecule has 0 aromatic heterocycles. The van der Waals surface area contributed by atoms with Gasteiger partial charge in [0.2, 0.25) is 0 Å². The van der Waals surface area contributed by atoms with Gasteiger partial charge in [0.25, 0.3) is 10.0 Å². The monoisotopic (exact) mass is 602 g/mol. The molecule has 1 N–H and O–H groups in total. The molecule has 3 aromatic carbocycles. The normalized spacial score (nSPS) is 16.2. The van der Waals surface area contributed by atoms with Crippen LogP contribution >= 0.6 is 23.4 Å². The van der Waals surface area contributed by atoms with Gasteiger partial charge in [-0.2, -0.15) is 13.2 Å². The SMILES string of the molecule is COc1ccc(Sc2ccc(S(=O)(=O)Nc3ccc(C(F)(F)F)c(O[C@@H]4CCN(C)C4)c3)c(Cl)c2)cc1OC. The van der Waals surface area contributed by atoms with Gasteiger partial charge in [-0.25, -0.2) is 8.42 Å². The standard InChI is InChI=1S/C26H26ClF3N2O5S2/c1-32-11-10-17(15-32)37-23-12-16(4-7-20(23)26(28,29)30)31-39(33,34)25-9-6-18(13-21(25)27)38-19-5-8-22(35-2)24(14-19)36-3/h4-9,12-14,17,31H,10-11,15H2,1-3H3/t17-/m1/s1. The van der Waals surface area contributed by atoms with Gasteiger partial charge in [-0.1, -0.05) is 23.4 Å². The summed E-state index contributed by atoms with van der Waals surface area (Å²) in [5, 5.41) is -0.0506. The number of hydrogen-bond acceptors (Lipinski definition) is 7.